The number of hydrogen-bond donors (Lipinski definition) is 1. The summed E-state index contributed by atoms with van der Waals surface area (Å²) in [6.45, 7) is 7.35. The molecule has 0 radical (unpaired) electrons. The molecule has 0 unspecified atom stereocenters. The number of amides is 1. The second-order valence-corrected chi connectivity index (χ2v) is 6.48. The van der Waals surface area contributed by atoms with Crippen LogP contribution in [0.2, 0.25) is 0 Å². The highest BCUT2D eigenvalue weighted by atomic mass is 16.2. The number of carbonyl (C=O) groups excluding carboxylic acids is 1. The summed E-state index contributed by atoms with van der Waals surface area (Å²) in [6.07, 6.45) is 5.96. The molecule has 0 spiro atoms. The predicted octanol–water partition coefficient (Wildman–Crippen LogP) is 2.06. The lowest BCUT2D eigenvalue weighted by Gasteiger charge is -2.49. The molecule has 3 heterocycles. The van der Waals surface area contributed by atoms with Crippen LogP contribution in [0.5, 0.6) is 0 Å². The van der Waals surface area contributed by atoms with E-state index in [2.05, 4.69) is 28.9 Å². The highest BCUT2D eigenvalue weighted by molar-refractivity contribution is 5.93. The first kappa shape index (κ1) is 14.6. The molecule has 1 amide bonds. The van der Waals surface area contributed by atoms with Crippen molar-refractivity contribution in [2.24, 2.45) is 0 Å². The van der Waals surface area contributed by atoms with Crippen LogP contribution in [0.25, 0.3) is 0 Å². The number of carbonyl (C=O) groups is 1. The lowest BCUT2D eigenvalue weighted by Crippen LogP contribution is -2.63. The summed E-state index contributed by atoms with van der Waals surface area (Å²) in [5.41, 5.74) is 1.63. The van der Waals surface area contributed by atoms with Gasteiger partial charge in [-0.1, -0.05) is 19.8 Å². The maximum atomic E-state index is 12.4. The molecule has 5 heteroatoms. The Morgan fingerprint density at radius 1 is 1.43 bits per heavy atom. The van der Waals surface area contributed by atoms with Gasteiger partial charge in [-0.3, -0.25) is 14.8 Å². The molecule has 2 aliphatic heterocycles. The van der Waals surface area contributed by atoms with Crippen molar-refractivity contribution in [2.45, 2.75) is 58.0 Å². The molecule has 21 heavy (non-hydrogen) atoms. The molecule has 2 saturated heterocycles. The normalized spacial score (nSPS) is 24.1. The molecule has 3 rings (SSSR count). The molecule has 5 nitrogen and oxygen atoms in total. The van der Waals surface area contributed by atoms with E-state index in [1.165, 1.54) is 25.8 Å². The van der Waals surface area contributed by atoms with E-state index in [1.54, 1.807) is 0 Å². The summed E-state index contributed by atoms with van der Waals surface area (Å²) in [7, 11) is 0. The van der Waals surface area contributed by atoms with Gasteiger partial charge in [0.1, 0.15) is 5.69 Å². The zero-order chi connectivity index (χ0) is 14.8. The predicted molar refractivity (Wildman–Crippen MR) is 82.3 cm³/mol. The number of likely N-dealkylation sites (tertiary alicyclic amines) is 2. The van der Waals surface area contributed by atoms with E-state index in [0.29, 0.717) is 17.8 Å². The Hall–Kier alpha value is -1.36. The zero-order valence-electron chi connectivity index (χ0n) is 13.1. The van der Waals surface area contributed by atoms with Crippen molar-refractivity contribution in [1.82, 2.24) is 20.0 Å². The molecule has 0 aliphatic carbocycles. The highest BCUT2D eigenvalue weighted by Crippen LogP contribution is 2.25. The Balaban J connectivity index is 1.54. The van der Waals surface area contributed by atoms with Crippen LogP contribution in [0.1, 0.15) is 55.7 Å². The first-order valence-electron chi connectivity index (χ1n) is 8.28. The van der Waals surface area contributed by atoms with Gasteiger partial charge in [-0.25, -0.2) is 0 Å². The summed E-state index contributed by atoms with van der Waals surface area (Å²) in [5, 5.41) is 7.12. The zero-order valence-corrected chi connectivity index (χ0v) is 13.1. The van der Waals surface area contributed by atoms with Gasteiger partial charge in [-0.15, -0.1) is 0 Å². The maximum Gasteiger partial charge on any atom is 0.274 e. The minimum absolute atomic E-state index is 0.0783. The Bertz CT molecular complexity index is 492. The number of aryl methyl sites for hydroxylation is 1. The number of hydrogen-bond acceptors (Lipinski definition) is 3. The number of piperidine rings is 1. The van der Waals surface area contributed by atoms with Crippen molar-refractivity contribution in [3.05, 3.63) is 17.5 Å². The van der Waals surface area contributed by atoms with E-state index in [4.69, 9.17) is 0 Å². The number of aromatic nitrogens is 2. The van der Waals surface area contributed by atoms with Crippen LogP contribution in [0.15, 0.2) is 6.07 Å². The van der Waals surface area contributed by atoms with Gasteiger partial charge in [-0.05, 0) is 38.8 Å². The Morgan fingerprint density at radius 2 is 2.24 bits per heavy atom. The average molecular weight is 290 g/mol. The van der Waals surface area contributed by atoms with Crippen LogP contribution >= 0.6 is 0 Å². The van der Waals surface area contributed by atoms with E-state index in [9.17, 15) is 4.79 Å². The minimum atomic E-state index is 0.0783. The number of H-pyrrole nitrogens is 1. The largest absolute Gasteiger partial charge is 0.334 e. The van der Waals surface area contributed by atoms with Crippen LogP contribution in [0.3, 0.4) is 0 Å². The molecule has 2 fully saturated rings. The second kappa shape index (κ2) is 6.18. The SMILES string of the molecule is CCCc1cc(C(=O)N2CC(N3CCCC[C@@H]3C)C2)n[nH]1. The molecule has 0 aromatic carbocycles. The summed E-state index contributed by atoms with van der Waals surface area (Å²) in [6, 6.07) is 3.13. The molecule has 1 atom stereocenters. The quantitative estimate of drug-likeness (QED) is 0.923. The lowest BCUT2D eigenvalue weighted by atomic mass is 9.97. The van der Waals surface area contributed by atoms with E-state index >= 15 is 0 Å². The summed E-state index contributed by atoms with van der Waals surface area (Å²) >= 11 is 0. The summed E-state index contributed by atoms with van der Waals surface area (Å²) in [4.78, 5) is 16.9. The van der Waals surface area contributed by atoms with Gasteiger partial charge in [0.15, 0.2) is 0 Å². The molecule has 0 bridgehead atoms. The van der Waals surface area contributed by atoms with Gasteiger partial charge in [0, 0.05) is 30.9 Å². The van der Waals surface area contributed by atoms with Crippen LogP contribution in [0.4, 0.5) is 0 Å². The van der Waals surface area contributed by atoms with E-state index in [1.807, 2.05) is 11.0 Å². The smallest absolute Gasteiger partial charge is 0.274 e. The number of aromatic amines is 1. The molecular weight excluding hydrogens is 264 g/mol. The van der Waals surface area contributed by atoms with Crippen molar-refractivity contribution in [3.63, 3.8) is 0 Å². The third-order valence-corrected chi connectivity index (χ3v) is 4.84. The molecule has 0 saturated carbocycles. The molecule has 1 aromatic heterocycles. The minimum Gasteiger partial charge on any atom is -0.334 e. The van der Waals surface area contributed by atoms with Crippen LogP contribution in [-0.4, -0.2) is 57.6 Å². The standard InChI is InChI=1S/C16H26N4O/c1-3-6-13-9-15(18-17-13)16(21)19-10-14(11-19)20-8-5-4-7-12(20)2/h9,12,14H,3-8,10-11H2,1-2H3,(H,17,18)/t12-/m0/s1. The van der Waals surface area contributed by atoms with Crippen LogP contribution < -0.4 is 0 Å². The monoisotopic (exact) mass is 290 g/mol. The molecule has 1 N–H and O–H groups in total. The second-order valence-electron chi connectivity index (χ2n) is 6.48. The van der Waals surface area contributed by atoms with E-state index in [-0.39, 0.29) is 5.91 Å². The summed E-state index contributed by atoms with van der Waals surface area (Å²) < 4.78 is 0. The third-order valence-electron chi connectivity index (χ3n) is 4.84. The maximum absolute atomic E-state index is 12.4. The van der Waals surface area contributed by atoms with Gasteiger partial charge in [0.05, 0.1) is 0 Å². The van der Waals surface area contributed by atoms with Crippen LogP contribution in [-0.2, 0) is 6.42 Å². The Morgan fingerprint density at radius 3 is 2.95 bits per heavy atom. The van der Waals surface area contributed by atoms with Crippen molar-refractivity contribution in [3.8, 4) is 0 Å². The van der Waals surface area contributed by atoms with E-state index in [0.717, 1.165) is 31.6 Å². The van der Waals surface area contributed by atoms with Gasteiger partial charge >= 0.3 is 0 Å². The number of rotatable bonds is 4. The van der Waals surface area contributed by atoms with Gasteiger partial charge in [0.2, 0.25) is 0 Å². The molecule has 1 aromatic rings. The fourth-order valence-electron chi connectivity index (χ4n) is 3.52. The lowest BCUT2D eigenvalue weighted by molar-refractivity contribution is 0.00181. The number of nitrogens with zero attached hydrogens (tertiary/aromatic N) is 3. The fraction of sp³-hybridized carbons (Fsp3) is 0.750. The topological polar surface area (TPSA) is 52.2 Å². The Labute approximate surface area is 126 Å². The molecule has 2 aliphatic rings. The highest BCUT2D eigenvalue weighted by Gasteiger charge is 2.38. The van der Waals surface area contributed by atoms with Crippen LogP contribution in [0, 0.1) is 0 Å². The van der Waals surface area contributed by atoms with Gasteiger partial charge in [-0.2, -0.15) is 5.10 Å². The van der Waals surface area contributed by atoms with Crippen molar-refractivity contribution in [2.75, 3.05) is 19.6 Å². The average Bonchev–Trinajstić information content (AvgIpc) is 2.88. The van der Waals surface area contributed by atoms with Gasteiger partial charge in [0.25, 0.3) is 5.91 Å². The molecule has 116 valence electrons. The Kier molecular flexibility index (Phi) is 4.29. The first-order chi connectivity index (χ1) is 10.2. The number of nitrogens with one attached hydrogen (secondary N) is 1. The molecular formula is C16H26N4O. The summed E-state index contributed by atoms with van der Waals surface area (Å²) in [5.74, 6) is 0.0783. The van der Waals surface area contributed by atoms with Crippen molar-refractivity contribution >= 4 is 5.91 Å². The van der Waals surface area contributed by atoms with E-state index < -0.39 is 0 Å². The van der Waals surface area contributed by atoms with Crippen molar-refractivity contribution in [1.29, 1.82) is 0 Å². The van der Waals surface area contributed by atoms with Crippen molar-refractivity contribution < 1.29 is 4.79 Å². The van der Waals surface area contributed by atoms with Gasteiger partial charge < -0.3 is 4.90 Å². The fourth-order valence-corrected chi connectivity index (χ4v) is 3.52. The first-order valence-corrected chi connectivity index (χ1v) is 8.28. The third kappa shape index (κ3) is 2.98.